The number of rotatable bonds is 3. The third-order valence-corrected chi connectivity index (χ3v) is 4.32. The van der Waals surface area contributed by atoms with Crippen LogP contribution >= 0.6 is 11.8 Å². The molecule has 1 aliphatic heterocycles. The predicted octanol–water partition coefficient (Wildman–Crippen LogP) is 1.78. The SMILES string of the molecule is CC1CSCCN1CC(=O)Nc1ccc(F)c(N)c1. The summed E-state index contributed by atoms with van der Waals surface area (Å²) < 4.78 is 13.0. The first kappa shape index (κ1) is 14.1. The molecule has 1 atom stereocenters. The zero-order chi connectivity index (χ0) is 13.8. The van der Waals surface area contributed by atoms with Crippen molar-refractivity contribution >= 4 is 29.0 Å². The molecule has 0 saturated carbocycles. The molecule has 0 aromatic heterocycles. The van der Waals surface area contributed by atoms with Crippen LogP contribution in [0.2, 0.25) is 0 Å². The minimum absolute atomic E-state index is 0.0422. The smallest absolute Gasteiger partial charge is 0.238 e. The zero-order valence-electron chi connectivity index (χ0n) is 10.9. The van der Waals surface area contributed by atoms with Gasteiger partial charge in [0.05, 0.1) is 12.2 Å². The van der Waals surface area contributed by atoms with Crippen molar-refractivity contribution in [3.05, 3.63) is 24.0 Å². The number of nitrogens with two attached hydrogens (primary N) is 1. The highest BCUT2D eigenvalue weighted by atomic mass is 32.2. The molecule has 0 spiro atoms. The highest BCUT2D eigenvalue weighted by Gasteiger charge is 2.20. The normalized spacial score (nSPS) is 20.2. The second-order valence-electron chi connectivity index (χ2n) is 4.68. The molecule has 0 aliphatic carbocycles. The fraction of sp³-hybridized carbons (Fsp3) is 0.462. The van der Waals surface area contributed by atoms with Crippen LogP contribution in [0.4, 0.5) is 15.8 Å². The second-order valence-corrected chi connectivity index (χ2v) is 5.83. The quantitative estimate of drug-likeness (QED) is 0.830. The van der Waals surface area contributed by atoms with Gasteiger partial charge in [-0.15, -0.1) is 0 Å². The van der Waals surface area contributed by atoms with Gasteiger partial charge in [0, 0.05) is 29.8 Å². The number of carbonyl (C=O) groups is 1. The van der Waals surface area contributed by atoms with Crippen molar-refractivity contribution in [3.8, 4) is 0 Å². The minimum Gasteiger partial charge on any atom is -0.396 e. The molecule has 6 heteroatoms. The van der Waals surface area contributed by atoms with E-state index in [4.69, 9.17) is 5.73 Å². The molecule has 0 radical (unpaired) electrons. The number of carbonyl (C=O) groups excluding carboxylic acids is 1. The Morgan fingerprint density at radius 2 is 2.42 bits per heavy atom. The molecule has 104 valence electrons. The number of nitrogens with one attached hydrogen (secondary N) is 1. The number of thioether (sulfide) groups is 1. The van der Waals surface area contributed by atoms with E-state index in [2.05, 4.69) is 17.1 Å². The van der Waals surface area contributed by atoms with E-state index >= 15 is 0 Å². The van der Waals surface area contributed by atoms with Crippen LogP contribution in [0.5, 0.6) is 0 Å². The van der Waals surface area contributed by atoms with Crippen molar-refractivity contribution in [2.75, 3.05) is 35.6 Å². The van der Waals surface area contributed by atoms with Crippen LogP contribution in [0.15, 0.2) is 18.2 Å². The van der Waals surface area contributed by atoms with E-state index in [0.29, 0.717) is 18.3 Å². The lowest BCUT2D eigenvalue weighted by atomic mass is 10.2. The molecule has 2 rings (SSSR count). The van der Waals surface area contributed by atoms with E-state index in [0.717, 1.165) is 18.1 Å². The Hall–Kier alpha value is -1.27. The molecule has 3 N–H and O–H groups in total. The number of hydrogen-bond donors (Lipinski definition) is 2. The molecule has 1 aromatic carbocycles. The number of anilines is 2. The maximum Gasteiger partial charge on any atom is 0.238 e. The van der Waals surface area contributed by atoms with Crippen molar-refractivity contribution in [1.29, 1.82) is 0 Å². The van der Waals surface area contributed by atoms with Gasteiger partial charge in [-0.2, -0.15) is 11.8 Å². The fourth-order valence-electron chi connectivity index (χ4n) is 2.00. The summed E-state index contributed by atoms with van der Waals surface area (Å²) in [7, 11) is 0. The Bertz CT molecular complexity index is 469. The van der Waals surface area contributed by atoms with Crippen LogP contribution < -0.4 is 11.1 Å². The molecule has 0 bridgehead atoms. The molecule has 4 nitrogen and oxygen atoms in total. The Balaban J connectivity index is 1.91. The molecule has 1 saturated heterocycles. The van der Waals surface area contributed by atoms with Crippen molar-refractivity contribution < 1.29 is 9.18 Å². The van der Waals surface area contributed by atoms with Crippen LogP contribution in [0, 0.1) is 5.82 Å². The van der Waals surface area contributed by atoms with Crippen LogP contribution in [-0.4, -0.2) is 41.4 Å². The van der Waals surface area contributed by atoms with Gasteiger partial charge in [0.1, 0.15) is 5.82 Å². The average molecular weight is 283 g/mol. The first-order valence-corrected chi connectivity index (χ1v) is 7.38. The topological polar surface area (TPSA) is 58.4 Å². The van der Waals surface area contributed by atoms with Gasteiger partial charge in [-0.05, 0) is 25.1 Å². The summed E-state index contributed by atoms with van der Waals surface area (Å²) in [5.41, 5.74) is 6.04. The fourth-order valence-corrected chi connectivity index (χ4v) is 3.09. The second kappa shape index (κ2) is 6.25. The van der Waals surface area contributed by atoms with Crippen molar-refractivity contribution in [2.24, 2.45) is 0 Å². The van der Waals surface area contributed by atoms with Crippen LogP contribution in [0.25, 0.3) is 0 Å². The zero-order valence-corrected chi connectivity index (χ0v) is 11.7. The number of nitrogen functional groups attached to an aromatic ring is 1. The van der Waals surface area contributed by atoms with Crippen molar-refractivity contribution in [3.63, 3.8) is 0 Å². The molecule has 1 heterocycles. The molecule has 19 heavy (non-hydrogen) atoms. The number of benzene rings is 1. The first-order valence-electron chi connectivity index (χ1n) is 6.23. The van der Waals surface area contributed by atoms with Gasteiger partial charge in [0.15, 0.2) is 0 Å². The third kappa shape index (κ3) is 3.84. The monoisotopic (exact) mass is 283 g/mol. The molecule has 1 fully saturated rings. The van der Waals surface area contributed by atoms with Crippen LogP contribution in [0.3, 0.4) is 0 Å². The largest absolute Gasteiger partial charge is 0.396 e. The highest BCUT2D eigenvalue weighted by Crippen LogP contribution is 2.18. The van der Waals surface area contributed by atoms with E-state index in [1.807, 2.05) is 11.8 Å². The van der Waals surface area contributed by atoms with Gasteiger partial charge in [0.2, 0.25) is 5.91 Å². The molecule has 1 aromatic rings. The Labute approximate surface area is 116 Å². The van der Waals surface area contributed by atoms with Gasteiger partial charge in [-0.25, -0.2) is 4.39 Å². The average Bonchev–Trinajstić information content (AvgIpc) is 2.37. The van der Waals surface area contributed by atoms with Crippen molar-refractivity contribution in [2.45, 2.75) is 13.0 Å². The van der Waals surface area contributed by atoms with Gasteiger partial charge < -0.3 is 11.1 Å². The van der Waals surface area contributed by atoms with Gasteiger partial charge in [-0.1, -0.05) is 0 Å². The van der Waals surface area contributed by atoms with E-state index in [1.165, 1.54) is 18.2 Å². The summed E-state index contributed by atoms with van der Waals surface area (Å²) in [4.78, 5) is 14.1. The standard InChI is InChI=1S/C13H18FN3OS/c1-9-8-19-5-4-17(9)7-13(18)16-10-2-3-11(14)12(15)6-10/h2-3,6,9H,4-5,7-8,15H2,1H3,(H,16,18). The Kier molecular flexibility index (Phi) is 4.66. The van der Waals surface area contributed by atoms with Crippen LogP contribution in [0.1, 0.15) is 6.92 Å². The summed E-state index contributed by atoms with van der Waals surface area (Å²) in [5.74, 6) is 1.54. The molecule has 1 unspecified atom stereocenters. The minimum atomic E-state index is -0.473. The summed E-state index contributed by atoms with van der Waals surface area (Å²) in [6, 6.07) is 4.61. The Morgan fingerprint density at radius 3 is 3.11 bits per heavy atom. The summed E-state index contributed by atoms with van der Waals surface area (Å²) >= 11 is 1.91. The molecular formula is C13H18FN3OS. The lowest BCUT2D eigenvalue weighted by Gasteiger charge is -2.32. The van der Waals surface area contributed by atoms with Crippen LogP contribution in [-0.2, 0) is 4.79 Å². The van der Waals surface area contributed by atoms with Gasteiger partial charge >= 0.3 is 0 Å². The number of amides is 1. The number of hydrogen-bond acceptors (Lipinski definition) is 4. The van der Waals surface area contributed by atoms with Gasteiger partial charge in [-0.3, -0.25) is 9.69 Å². The van der Waals surface area contributed by atoms with E-state index in [1.54, 1.807) is 0 Å². The molecule has 1 aliphatic rings. The van der Waals surface area contributed by atoms with E-state index in [-0.39, 0.29) is 11.6 Å². The van der Waals surface area contributed by atoms with E-state index in [9.17, 15) is 9.18 Å². The number of halogens is 1. The summed E-state index contributed by atoms with van der Waals surface area (Å²) in [6.45, 7) is 3.40. The Morgan fingerprint density at radius 1 is 1.63 bits per heavy atom. The lowest BCUT2D eigenvalue weighted by Crippen LogP contribution is -2.44. The lowest BCUT2D eigenvalue weighted by molar-refractivity contribution is -0.117. The van der Waals surface area contributed by atoms with E-state index < -0.39 is 5.82 Å². The highest BCUT2D eigenvalue weighted by molar-refractivity contribution is 7.99. The number of nitrogens with zero attached hydrogens (tertiary/aromatic N) is 1. The summed E-state index contributed by atoms with van der Waals surface area (Å²) in [5, 5.41) is 2.74. The maximum absolute atomic E-state index is 13.0. The predicted molar refractivity (Wildman–Crippen MR) is 77.8 cm³/mol. The third-order valence-electron chi connectivity index (χ3n) is 3.13. The first-order chi connectivity index (χ1) is 9.06. The summed E-state index contributed by atoms with van der Waals surface area (Å²) in [6.07, 6.45) is 0. The molecular weight excluding hydrogens is 265 g/mol. The van der Waals surface area contributed by atoms with Crippen molar-refractivity contribution in [1.82, 2.24) is 4.90 Å². The molecule has 1 amide bonds. The maximum atomic E-state index is 13.0. The van der Waals surface area contributed by atoms with Gasteiger partial charge in [0.25, 0.3) is 0 Å².